The lowest BCUT2D eigenvalue weighted by atomic mass is 10.2. The van der Waals surface area contributed by atoms with E-state index in [4.69, 9.17) is 4.74 Å². The van der Waals surface area contributed by atoms with Crippen LogP contribution in [0.15, 0.2) is 0 Å². The van der Waals surface area contributed by atoms with Gasteiger partial charge >= 0.3 is 0 Å². The second-order valence-electron chi connectivity index (χ2n) is 6.50. The van der Waals surface area contributed by atoms with E-state index >= 15 is 0 Å². The summed E-state index contributed by atoms with van der Waals surface area (Å²) >= 11 is 0. The lowest BCUT2D eigenvalue weighted by Crippen LogP contribution is -2.43. The number of likely N-dealkylation sites (N-methyl/N-ethyl adjacent to an activating group) is 1. The van der Waals surface area contributed by atoms with Crippen LogP contribution in [0.4, 0.5) is 0 Å². The van der Waals surface area contributed by atoms with Gasteiger partial charge in [-0.15, -0.1) is 0 Å². The Bertz CT molecular complexity index is 442. The van der Waals surface area contributed by atoms with Crippen LogP contribution in [0.3, 0.4) is 0 Å². The van der Waals surface area contributed by atoms with Gasteiger partial charge in [0.2, 0.25) is 5.91 Å². The van der Waals surface area contributed by atoms with Gasteiger partial charge in [0.1, 0.15) is 0 Å². The minimum atomic E-state index is -2.95. The van der Waals surface area contributed by atoms with Crippen LogP contribution >= 0.6 is 0 Å². The minimum absolute atomic E-state index is 0.0675. The Morgan fingerprint density at radius 3 is 2.52 bits per heavy atom. The molecule has 0 aromatic carbocycles. The molecule has 124 valence electrons. The average molecular weight is 320 g/mol. The molecule has 0 bridgehead atoms. The molecule has 0 aliphatic carbocycles. The number of carbonyl (C=O) groups is 1. The van der Waals surface area contributed by atoms with Crippen LogP contribution in [0.25, 0.3) is 0 Å². The molecule has 6 nitrogen and oxygen atoms in total. The van der Waals surface area contributed by atoms with Crippen LogP contribution in [-0.2, 0) is 19.4 Å². The standard InChI is InChI=1S/C14H28N2O4S/c1-5-16(7-8-20-14(2,3)4)10-13(17)15-12-6-9-21(18,19)11-12/h12H,5-11H2,1-4H3,(H,15,17). The highest BCUT2D eigenvalue weighted by Crippen LogP contribution is 2.11. The average Bonchev–Trinajstić information content (AvgIpc) is 2.65. The first-order valence-electron chi connectivity index (χ1n) is 7.47. The maximum absolute atomic E-state index is 12.0. The van der Waals surface area contributed by atoms with Crippen molar-refractivity contribution in [1.29, 1.82) is 0 Å². The Morgan fingerprint density at radius 1 is 1.38 bits per heavy atom. The van der Waals surface area contributed by atoms with Crippen LogP contribution in [0.1, 0.15) is 34.1 Å². The molecule has 1 unspecified atom stereocenters. The number of nitrogens with zero attached hydrogens (tertiary/aromatic N) is 1. The Morgan fingerprint density at radius 2 is 2.05 bits per heavy atom. The van der Waals surface area contributed by atoms with E-state index in [0.717, 1.165) is 6.54 Å². The zero-order chi connectivity index (χ0) is 16.1. The molecule has 0 aromatic heterocycles. The van der Waals surface area contributed by atoms with Gasteiger partial charge in [0, 0.05) is 12.6 Å². The molecule has 21 heavy (non-hydrogen) atoms. The fourth-order valence-corrected chi connectivity index (χ4v) is 3.89. The summed E-state index contributed by atoms with van der Waals surface area (Å²) in [6, 6.07) is -0.230. The minimum Gasteiger partial charge on any atom is -0.375 e. The Labute approximate surface area is 128 Å². The molecule has 1 amide bonds. The summed E-state index contributed by atoms with van der Waals surface area (Å²) in [4.78, 5) is 13.9. The van der Waals surface area contributed by atoms with E-state index < -0.39 is 9.84 Å². The van der Waals surface area contributed by atoms with Crippen molar-refractivity contribution in [3.63, 3.8) is 0 Å². The number of nitrogens with one attached hydrogen (secondary N) is 1. The van der Waals surface area contributed by atoms with E-state index in [2.05, 4.69) is 5.32 Å². The van der Waals surface area contributed by atoms with Gasteiger partial charge in [-0.3, -0.25) is 9.69 Å². The summed E-state index contributed by atoms with van der Waals surface area (Å²) in [5.74, 6) is 0.127. The predicted octanol–water partition coefficient (Wildman–Crippen LogP) is 0.427. The fourth-order valence-electron chi connectivity index (χ4n) is 2.22. The SMILES string of the molecule is CCN(CCOC(C)(C)C)CC(=O)NC1CCS(=O)(=O)C1. The van der Waals surface area contributed by atoms with E-state index in [1.165, 1.54) is 0 Å². The molecule has 1 heterocycles. The van der Waals surface area contributed by atoms with E-state index in [1.807, 2.05) is 32.6 Å². The third-order valence-corrected chi connectivity index (χ3v) is 5.12. The van der Waals surface area contributed by atoms with Crippen molar-refractivity contribution in [1.82, 2.24) is 10.2 Å². The zero-order valence-electron chi connectivity index (χ0n) is 13.5. The van der Waals surface area contributed by atoms with Crippen LogP contribution in [0.2, 0.25) is 0 Å². The van der Waals surface area contributed by atoms with Crippen molar-refractivity contribution in [3.8, 4) is 0 Å². The molecule has 1 fully saturated rings. The molecule has 1 aliphatic heterocycles. The fraction of sp³-hybridized carbons (Fsp3) is 0.929. The monoisotopic (exact) mass is 320 g/mol. The second-order valence-corrected chi connectivity index (χ2v) is 8.73. The molecule has 0 radical (unpaired) electrons. The summed E-state index contributed by atoms with van der Waals surface area (Å²) < 4.78 is 28.4. The normalized spacial score (nSPS) is 21.7. The quantitative estimate of drug-likeness (QED) is 0.736. The predicted molar refractivity (Wildman–Crippen MR) is 83.0 cm³/mol. The molecule has 7 heteroatoms. The summed E-state index contributed by atoms with van der Waals surface area (Å²) in [6.45, 7) is 10.3. The Balaban J connectivity index is 2.31. The Kier molecular flexibility index (Phi) is 6.62. The first-order valence-corrected chi connectivity index (χ1v) is 9.29. The van der Waals surface area contributed by atoms with Crippen LogP contribution in [0, 0.1) is 0 Å². The topological polar surface area (TPSA) is 75.7 Å². The molecule has 1 atom stereocenters. The van der Waals surface area contributed by atoms with Crippen molar-refractivity contribution in [2.75, 3.05) is 37.7 Å². The number of hydrogen-bond donors (Lipinski definition) is 1. The highest BCUT2D eigenvalue weighted by atomic mass is 32.2. The van der Waals surface area contributed by atoms with E-state index in [-0.39, 0.29) is 35.6 Å². The van der Waals surface area contributed by atoms with E-state index in [9.17, 15) is 13.2 Å². The third-order valence-electron chi connectivity index (χ3n) is 3.35. The smallest absolute Gasteiger partial charge is 0.234 e. The van der Waals surface area contributed by atoms with Gasteiger partial charge < -0.3 is 10.1 Å². The van der Waals surface area contributed by atoms with Crippen molar-refractivity contribution >= 4 is 15.7 Å². The molecule has 1 rings (SSSR count). The van der Waals surface area contributed by atoms with Crippen LogP contribution in [0.5, 0.6) is 0 Å². The summed E-state index contributed by atoms with van der Waals surface area (Å²) in [7, 11) is -2.95. The van der Waals surface area contributed by atoms with Crippen molar-refractivity contribution in [3.05, 3.63) is 0 Å². The molecule has 1 N–H and O–H groups in total. The van der Waals surface area contributed by atoms with E-state index in [1.54, 1.807) is 0 Å². The highest BCUT2D eigenvalue weighted by molar-refractivity contribution is 7.91. The number of rotatable bonds is 7. The number of sulfone groups is 1. The van der Waals surface area contributed by atoms with Gasteiger partial charge in [0.05, 0.1) is 30.3 Å². The second kappa shape index (κ2) is 7.56. The van der Waals surface area contributed by atoms with Gasteiger partial charge in [0.15, 0.2) is 9.84 Å². The first-order chi connectivity index (χ1) is 9.61. The molecular formula is C14H28N2O4S. The third kappa shape index (κ3) is 7.78. The van der Waals surface area contributed by atoms with Crippen molar-refractivity contribution < 1.29 is 17.9 Å². The highest BCUT2D eigenvalue weighted by Gasteiger charge is 2.29. The van der Waals surface area contributed by atoms with Crippen molar-refractivity contribution in [2.45, 2.75) is 45.8 Å². The van der Waals surface area contributed by atoms with Gasteiger partial charge in [0.25, 0.3) is 0 Å². The Hall–Kier alpha value is -0.660. The van der Waals surface area contributed by atoms with Crippen molar-refractivity contribution in [2.24, 2.45) is 0 Å². The molecular weight excluding hydrogens is 292 g/mol. The van der Waals surface area contributed by atoms with Crippen LogP contribution in [-0.4, -0.2) is 68.6 Å². The van der Waals surface area contributed by atoms with E-state index in [0.29, 0.717) is 19.6 Å². The number of carbonyl (C=O) groups excluding carboxylic acids is 1. The number of ether oxygens (including phenoxy) is 1. The summed E-state index contributed by atoms with van der Waals surface area (Å²) in [6.07, 6.45) is 0.521. The van der Waals surface area contributed by atoms with Gasteiger partial charge in [-0.2, -0.15) is 0 Å². The molecule has 0 spiro atoms. The summed E-state index contributed by atoms with van der Waals surface area (Å²) in [5.41, 5.74) is -0.181. The molecule has 0 aromatic rings. The molecule has 1 aliphatic rings. The number of amides is 1. The van der Waals surface area contributed by atoms with Crippen LogP contribution < -0.4 is 5.32 Å². The molecule has 1 saturated heterocycles. The van der Waals surface area contributed by atoms with Gasteiger partial charge in [-0.05, 0) is 33.7 Å². The lowest BCUT2D eigenvalue weighted by molar-refractivity contribution is -0.123. The first kappa shape index (κ1) is 18.4. The maximum Gasteiger partial charge on any atom is 0.234 e. The zero-order valence-corrected chi connectivity index (χ0v) is 14.3. The maximum atomic E-state index is 12.0. The number of hydrogen-bond acceptors (Lipinski definition) is 5. The lowest BCUT2D eigenvalue weighted by Gasteiger charge is -2.24. The molecule has 0 saturated carbocycles. The van der Waals surface area contributed by atoms with Gasteiger partial charge in [-0.1, -0.05) is 6.92 Å². The summed E-state index contributed by atoms with van der Waals surface area (Å²) in [5, 5.41) is 2.81. The van der Waals surface area contributed by atoms with Gasteiger partial charge in [-0.25, -0.2) is 8.42 Å². The largest absolute Gasteiger partial charge is 0.375 e.